The number of para-hydroxylation sites is 1. The number of fused-ring (bicyclic) bond motifs is 1. The Bertz CT molecular complexity index is 1600. The molecule has 0 N–H and O–H groups in total. The Balaban J connectivity index is 1.75. The van der Waals surface area contributed by atoms with Gasteiger partial charge in [-0.2, -0.15) is 0 Å². The summed E-state index contributed by atoms with van der Waals surface area (Å²) in [5.74, 6) is 0. The van der Waals surface area contributed by atoms with Gasteiger partial charge in [-0.3, -0.25) is 9.48 Å². The molecule has 0 saturated carbocycles. The third-order valence-corrected chi connectivity index (χ3v) is 7.41. The third kappa shape index (κ3) is 3.64. The Morgan fingerprint density at radius 2 is 1.68 bits per heavy atom. The van der Waals surface area contributed by atoms with Crippen molar-refractivity contribution in [1.29, 1.82) is 0 Å². The van der Waals surface area contributed by atoms with Crippen LogP contribution >= 0.6 is 11.3 Å². The van der Waals surface area contributed by atoms with Crippen LogP contribution in [-0.4, -0.2) is 13.9 Å². The molecule has 0 aliphatic heterocycles. The molecule has 2 heterocycles. The Morgan fingerprint density at radius 1 is 0.971 bits per heavy atom. The number of hydrogen-bond acceptors (Lipinski definition) is 3. The van der Waals surface area contributed by atoms with Crippen LogP contribution < -0.4 is 10.4 Å². The summed E-state index contributed by atoms with van der Waals surface area (Å²) in [5.41, 5.74) is 4.35. The van der Waals surface area contributed by atoms with Crippen molar-refractivity contribution in [3.63, 3.8) is 0 Å². The molecule has 1 unspecified atom stereocenters. The molecule has 0 aliphatic carbocycles. The predicted octanol–water partition coefficient (Wildman–Crippen LogP) is 6.37. The number of aromatic nitrogens is 3. The molecule has 0 bridgehead atoms. The summed E-state index contributed by atoms with van der Waals surface area (Å²) in [6, 6.07) is 24.8. The maximum Gasteiger partial charge on any atom is 0.297 e. The molecule has 6 heteroatoms. The Morgan fingerprint density at radius 3 is 2.44 bits per heavy atom. The van der Waals surface area contributed by atoms with Crippen LogP contribution in [0, 0.1) is 6.92 Å². The lowest BCUT2D eigenvalue weighted by Crippen LogP contribution is -2.21. The minimum absolute atomic E-state index is 0.109. The van der Waals surface area contributed by atoms with Crippen molar-refractivity contribution in [1.82, 2.24) is 13.9 Å². The van der Waals surface area contributed by atoms with Gasteiger partial charge in [0, 0.05) is 24.0 Å². The summed E-state index contributed by atoms with van der Waals surface area (Å²) in [4.78, 5) is 19.3. The zero-order valence-electron chi connectivity index (χ0n) is 19.9. The lowest BCUT2D eigenvalue weighted by atomic mass is 10.0. The first-order valence-electron chi connectivity index (χ1n) is 11.6. The molecule has 5 rings (SSSR count). The molecule has 0 saturated heterocycles. The van der Waals surface area contributed by atoms with E-state index in [9.17, 15) is 4.79 Å². The number of benzene rings is 3. The van der Waals surface area contributed by atoms with Crippen molar-refractivity contribution in [2.45, 2.75) is 33.2 Å². The highest BCUT2D eigenvalue weighted by Crippen LogP contribution is 2.31. The molecule has 0 radical (unpaired) electrons. The first-order valence-corrected chi connectivity index (χ1v) is 12.5. The van der Waals surface area contributed by atoms with Crippen molar-refractivity contribution in [2.75, 3.05) is 0 Å². The van der Waals surface area contributed by atoms with Crippen molar-refractivity contribution in [3.05, 3.63) is 99.0 Å². The molecule has 34 heavy (non-hydrogen) atoms. The van der Waals surface area contributed by atoms with E-state index in [0.29, 0.717) is 5.69 Å². The van der Waals surface area contributed by atoms with E-state index >= 15 is 0 Å². The van der Waals surface area contributed by atoms with E-state index in [1.807, 2.05) is 49.0 Å². The monoisotopic (exact) mass is 468 g/mol. The van der Waals surface area contributed by atoms with E-state index < -0.39 is 0 Å². The highest BCUT2D eigenvalue weighted by molar-refractivity contribution is 7.07. The van der Waals surface area contributed by atoms with Gasteiger partial charge in [0.15, 0.2) is 10.5 Å². The Kier molecular flexibility index (Phi) is 5.84. The van der Waals surface area contributed by atoms with Crippen LogP contribution in [0.3, 0.4) is 0 Å². The van der Waals surface area contributed by atoms with Gasteiger partial charge in [0.2, 0.25) is 0 Å². The molecule has 3 aromatic carbocycles. The van der Waals surface area contributed by atoms with Crippen LogP contribution in [0.15, 0.2) is 88.0 Å². The smallest absolute Gasteiger partial charge is 0.297 e. The fourth-order valence-corrected chi connectivity index (χ4v) is 5.43. The minimum atomic E-state index is -0.109. The zero-order chi connectivity index (χ0) is 23.8. The number of nitrogens with zero attached hydrogens (tertiary/aromatic N) is 4. The van der Waals surface area contributed by atoms with Crippen molar-refractivity contribution in [2.24, 2.45) is 12.0 Å². The molecule has 5 nitrogen and oxygen atoms in total. The Hall–Kier alpha value is -3.64. The van der Waals surface area contributed by atoms with Crippen molar-refractivity contribution in [3.8, 4) is 16.9 Å². The molecular weight excluding hydrogens is 440 g/mol. The second-order valence-electron chi connectivity index (χ2n) is 8.58. The average Bonchev–Trinajstić information content (AvgIpc) is 3.38. The largest absolute Gasteiger partial charge is 0.314 e. The van der Waals surface area contributed by atoms with E-state index in [-0.39, 0.29) is 11.6 Å². The van der Waals surface area contributed by atoms with Gasteiger partial charge < -0.3 is 4.57 Å². The summed E-state index contributed by atoms with van der Waals surface area (Å²) in [5, 5.41) is 4.60. The van der Waals surface area contributed by atoms with Crippen LogP contribution in [0.2, 0.25) is 0 Å². The molecule has 172 valence electrons. The quantitative estimate of drug-likeness (QED) is 0.295. The van der Waals surface area contributed by atoms with Gasteiger partial charge in [0.05, 0.1) is 17.1 Å². The van der Waals surface area contributed by atoms with Gasteiger partial charge in [0.1, 0.15) is 0 Å². The van der Waals surface area contributed by atoms with Gasteiger partial charge in [-0.15, -0.1) is 11.3 Å². The summed E-state index contributed by atoms with van der Waals surface area (Å²) in [7, 11) is 1.90. The highest BCUT2D eigenvalue weighted by Gasteiger charge is 2.18. The van der Waals surface area contributed by atoms with Crippen LogP contribution in [-0.2, 0) is 7.05 Å². The molecule has 0 aliphatic rings. The highest BCUT2D eigenvalue weighted by atomic mass is 32.1. The average molecular weight is 469 g/mol. The van der Waals surface area contributed by atoms with E-state index in [2.05, 4.69) is 66.3 Å². The Labute approximate surface area is 202 Å². The van der Waals surface area contributed by atoms with E-state index in [1.165, 1.54) is 16.3 Å². The van der Waals surface area contributed by atoms with Crippen LogP contribution in [0.5, 0.6) is 0 Å². The normalized spacial score (nSPS) is 13.0. The molecule has 0 amide bonds. The molecule has 0 fully saturated rings. The maximum absolute atomic E-state index is 13.5. The second-order valence-corrected chi connectivity index (χ2v) is 9.42. The molecule has 2 aromatic heterocycles. The number of hydrogen-bond donors (Lipinski definition) is 0. The van der Waals surface area contributed by atoms with E-state index in [0.717, 1.165) is 28.3 Å². The minimum Gasteiger partial charge on any atom is -0.314 e. The van der Waals surface area contributed by atoms with Gasteiger partial charge in [0.25, 0.3) is 5.56 Å². The molecule has 1 atom stereocenters. The van der Waals surface area contributed by atoms with Gasteiger partial charge >= 0.3 is 0 Å². The maximum atomic E-state index is 13.5. The van der Waals surface area contributed by atoms with E-state index in [1.54, 1.807) is 16.0 Å². The summed E-state index contributed by atoms with van der Waals surface area (Å²) in [6.07, 6.45) is 0.962. The van der Waals surface area contributed by atoms with Crippen LogP contribution in [0.1, 0.15) is 32.0 Å². The van der Waals surface area contributed by atoms with E-state index in [4.69, 9.17) is 4.99 Å². The standard InChI is InChI=1S/C28H28N4OS/c1-5-19(2)31-25(24-17-11-13-21-12-9-10-16-23(21)24)18-34-28(31)29-26-20(3)30(4)32(27(26)33)22-14-7-6-8-15-22/h6-19H,5H2,1-4H3. The predicted molar refractivity (Wildman–Crippen MR) is 141 cm³/mol. The van der Waals surface area contributed by atoms with Crippen molar-refractivity contribution >= 4 is 27.8 Å². The van der Waals surface area contributed by atoms with Gasteiger partial charge in [-0.25, -0.2) is 9.67 Å². The van der Waals surface area contributed by atoms with Crippen LogP contribution in [0.25, 0.3) is 27.7 Å². The van der Waals surface area contributed by atoms with Crippen molar-refractivity contribution < 1.29 is 0 Å². The lowest BCUT2D eigenvalue weighted by Gasteiger charge is -2.16. The first kappa shape index (κ1) is 22.2. The zero-order valence-corrected chi connectivity index (χ0v) is 20.7. The first-order chi connectivity index (χ1) is 16.5. The van der Waals surface area contributed by atoms with Gasteiger partial charge in [-0.05, 0) is 43.2 Å². The molecular formula is C28H28N4OS. The third-order valence-electron chi connectivity index (χ3n) is 6.57. The SMILES string of the molecule is CCC(C)n1c(-c2cccc3ccccc23)csc1=Nc1c(C)n(C)n(-c2ccccc2)c1=O. The number of thiazole rings is 1. The lowest BCUT2D eigenvalue weighted by molar-refractivity contribution is 0.524. The van der Waals surface area contributed by atoms with Gasteiger partial charge in [-0.1, -0.05) is 67.6 Å². The fraction of sp³-hybridized carbons (Fsp3) is 0.214. The summed E-state index contributed by atoms with van der Waals surface area (Å²) >= 11 is 1.59. The summed E-state index contributed by atoms with van der Waals surface area (Å²) < 4.78 is 5.84. The molecule has 5 aromatic rings. The fourth-order valence-electron chi connectivity index (χ4n) is 4.43. The summed E-state index contributed by atoms with van der Waals surface area (Å²) in [6.45, 7) is 6.34. The number of rotatable bonds is 5. The second kappa shape index (κ2) is 8.95. The molecule has 0 spiro atoms. The van der Waals surface area contributed by atoms with Crippen LogP contribution in [0.4, 0.5) is 5.69 Å². The topological polar surface area (TPSA) is 44.2 Å².